The Bertz CT molecular complexity index is 1160. The van der Waals surface area contributed by atoms with Crippen molar-refractivity contribution >= 4 is 33.2 Å². The molecule has 1 heterocycles. The molecule has 0 atom stereocenters. The van der Waals surface area contributed by atoms with E-state index in [9.17, 15) is 14.5 Å². The van der Waals surface area contributed by atoms with Gasteiger partial charge >= 0.3 is 0 Å². The van der Waals surface area contributed by atoms with Gasteiger partial charge in [0, 0.05) is 23.4 Å². The van der Waals surface area contributed by atoms with Gasteiger partial charge in [-0.1, -0.05) is 30.3 Å². The molecule has 0 saturated carbocycles. The first kappa shape index (κ1) is 16.9. The highest BCUT2D eigenvalue weighted by atomic mass is 19.1. The summed E-state index contributed by atoms with van der Waals surface area (Å²) in [4.78, 5) is 14.8. The van der Waals surface area contributed by atoms with Crippen LogP contribution in [0.2, 0.25) is 0 Å². The minimum atomic E-state index is -0.630. The smallest absolute Gasteiger partial charge is 0.272 e. The van der Waals surface area contributed by atoms with Crippen molar-refractivity contribution in [1.82, 2.24) is 4.98 Å². The second-order valence-corrected chi connectivity index (χ2v) is 6.26. The van der Waals surface area contributed by atoms with Gasteiger partial charge in [0.05, 0.1) is 27.7 Å². The zero-order valence-electron chi connectivity index (χ0n) is 14.4. The quantitative estimate of drug-likeness (QED) is 0.305. The molecule has 0 bridgehead atoms. The normalized spacial score (nSPS) is 11.0. The van der Waals surface area contributed by atoms with Crippen molar-refractivity contribution < 1.29 is 9.31 Å². The number of hydrogen-bond acceptors (Lipinski definition) is 4. The Labute approximate surface area is 154 Å². The molecule has 5 nitrogen and oxygen atoms in total. The van der Waals surface area contributed by atoms with Gasteiger partial charge in [0.2, 0.25) is 0 Å². The number of anilines is 1. The highest BCUT2D eigenvalue weighted by molar-refractivity contribution is 5.94. The number of nitro benzene ring substituents is 1. The number of halogens is 1. The average molecular weight is 361 g/mol. The summed E-state index contributed by atoms with van der Waals surface area (Å²) in [7, 11) is 0. The fourth-order valence-corrected chi connectivity index (χ4v) is 3.17. The van der Waals surface area contributed by atoms with Gasteiger partial charge < -0.3 is 5.32 Å². The van der Waals surface area contributed by atoms with Crippen LogP contribution in [0.1, 0.15) is 5.56 Å². The van der Waals surface area contributed by atoms with Crippen molar-refractivity contribution in [2.45, 2.75) is 6.42 Å². The first-order valence-electron chi connectivity index (χ1n) is 8.57. The molecule has 0 amide bonds. The molecule has 0 aliphatic carbocycles. The summed E-state index contributed by atoms with van der Waals surface area (Å²) >= 11 is 0. The van der Waals surface area contributed by atoms with E-state index in [1.165, 1.54) is 12.1 Å². The molecular weight excluding hydrogens is 345 g/mol. The van der Waals surface area contributed by atoms with Gasteiger partial charge in [-0.25, -0.2) is 9.37 Å². The van der Waals surface area contributed by atoms with Crippen LogP contribution in [0.5, 0.6) is 0 Å². The Morgan fingerprint density at radius 3 is 2.63 bits per heavy atom. The van der Waals surface area contributed by atoms with E-state index >= 15 is 0 Å². The van der Waals surface area contributed by atoms with Gasteiger partial charge in [-0.15, -0.1) is 0 Å². The van der Waals surface area contributed by atoms with E-state index in [1.54, 1.807) is 0 Å². The summed E-state index contributed by atoms with van der Waals surface area (Å²) in [5, 5.41) is 15.9. The molecule has 134 valence electrons. The summed E-state index contributed by atoms with van der Waals surface area (Å²) in [5.41, 5.74) is 2.98. The minimum Gasteiger partial charge on any atom is -0.382 e. The molecule has 4 rings (SSSR count). The van der Waals surface area contributed by atoms with E-state index in [4.69, 9.17) is 4.98 Å². The fourth-order valence-electron chi connectivity index (χ4n) is 3.17. The number of non-ortho nitro benzene ring substituents is 1. The molecule has 0 spiro atoms. The molecule has 0 radical (unpaired) electrons. The van der Waals surface area contributed by atoms with Gasteiger partial charge in [-0.05, 0) is 36.2 Å². The van der Waals surface area contributed by atoms with Crippen LogP contribution >= 0.6 is 0 Å². The number of aromatic nitrogens is 1. The summed E-state index contributed by atoms with van der Waals surface area (Å²) < 4.78 is 14.0. The van der Waals surface area contributed by atoms with Crippen LogP contribution in [0, 0.1) is 15.9 Å². The van der Waals surface area contributed by atoms with Crippen molar-refractivity contribution in [3.05, 3.63) is 88.2 Å². The van der Waals surface area contributed by atoms with E-state index in [-0.39, 0.29) is 11.4 Å². The molecule has 0 fully saturated rings. The van der Waals surface area contributed by atoms with Gasteiger partial charge in [0.1, 0.15) is 0 Å². The predicted octanol–water partition coefficient (Wildman–Crippen LogP) is 5.09. The molecule has 0 saturated heterocycles. The molecule has 0 unspecified atom stereocenters. The number of nitro groups is 1. The lowest BCUT2D eigenvalue weighted by atomic mass is 10.0. The third-order valence-corrected chi connectivity index (χ3v) is 4.52. The number of benzene rings is 3. The zero-order valence-corrected chi connectivity index (χ0v) is 14.4. The van der Waals surface area contributed by atoms with E-state index in [0.29, 0.717) is 13.0 Å². The highest BCUT2D eigenvalue weighted by Crippen LogP contribution is 2.24. The Balaban J connectivity index is 1.55. The minimum absolute atomic E-state index is 0.254. The molecule has 27 heavy (non-hydrogen) atoms. The van der Waals surface area contributed by atoms with Gasteiger partial charge in [-0.2, -0.15) is 0 Å². The van der Waals surface area contributed by atoms with Crippen molar-refractivity contribution in [1.29, 1.82) is 0 Å². The highest BCUT2D eigenvalue weighted by Gasteiger charge is 2.10. The summed E-state index contributed by atoms with van der Waals surface area (Å²) in [6, 6.07) is 19.7. The lowest BCUT2D eigenvalue weighted by Crippen LogP contribution is -2.07. The van der Waals surface area contributed by atoms with Crippen molar-refractivity contribution in [2.75, 3.05) is 11.9 Å². The molecule has 1 aromatic heterocycles. The second-order valence-electron chi connectivity index (χ2n) is 6.26. The molecule has 1 N–H and O–H groups in total. The summed E-state index contributed by atoms with van der Waals surface area (Å²) in [6.07, 6.45) is 0.674. The summed E-state index contributed by atoms with van der Waals surface area (Å²) in [5.74, 6) is -0.630. The fraction of sp³-hybridized carbons (Fsp3) is 0.0952. The van der Waals surface area contributed by atoms with Crippen LogP contribution in [0.25, 0.3) is 21.8 Å². The predicted molar refractivity (Wildman–Crippen MR) is 104 cm³/mol. The van der Waals surface area contributed by atoms with E-state index in [2.05, 4.69) is 11.4 Å². The largest absolute Gasteiger partial charge is 0.382 e. The Morgan fingerprint density at radius 1 is 1.00 bits per heavy atom. The standard InChI is InChI=1S/C21H16FN3O2/c22-18-13-16(25(26)27)8-9-21(18)23-11-10-14-5-3-7-20-17(14)12-15-4-1-2-6-19(15)24-20/h1-9,12-13,23H,10-11H2. The van der Waals surface area contributed by atoms with Crippen LogP contribution in [-0.2, 0) is 6.42 Å². The van der Waals surface area contributed by atoms with Crippen LogP contribution < -0.4 is 5.32 Å². The Hall–Kier alpha value is -3.54. The van der Waals surface area contributed by atoms with Gasteiger partial charge in [0.15, 0.2) is 5.82 Å². The summed E-state index contributed by atoms with van der Waals surface area (Å²) in [6.45, 7) is 0.501. The molecule has 0 aliphatic rings. The molecule has 6 heteroatoms. The molecule has 3 aromatic carbocycles. The molecular formula is C21H16FN3O2. The first-order chi connectivity index (χ1) is 13.1. The number of nitrogens with one attached hydrogen (secondary N) is 1. The Kier molecular flexibility index (Phi) is 4.38. The van der Waals surface area contributed by atoms with Crippen LogP contribution in [-0.4, -0.2) is 16.5 Å². The first-order valence-corrected chi connectivity index (χ1v) is 8.57. The topological polar surface area (TPSA) is 68.1 Å². The lowest BCUT2D eigenvalue weighted by Gasteiger charge is -2.10. The zero-order chi connectivity index (χ0) is 18.8. The number of rotatable bonds is 5. The average Bonchev–Trinajstić information content (AvgIpc) is 2.67. The SMILES string of the molecule is O=[N+]([O-])c1ccc(NCCc2cccc3nc4ccccc4cc23)c(F)c1. The number of pyridine rings is 1. The second kappa shape index (κ2) is 6.99. The number of nitrogens with zero attached hydrogens (tertiary/aromatic N) is 2. The van der Waals surface area contributed by atoms with E-state index < -0.39 is 10.7 Å². The van der Waals surface area contributed by atoms with Crippen molar-refractivity contribution in [3.8, 4) is 0 Å². The monoisotopic (exact) mass is 361 g/mol. The molecule has 0 aliphatic heterocycles. The number of hydrogen-bond donors (Lipinski definition) is 1. The van der Waals surface area contributed by atoms with E-state index in [1.807, 2.05) is 42.5 Å². The molecule has 4 aromatic rings. The lowest BCUT2D eigenvalue weighted by molar-refractivity contribution is -0.385. The maximum Gasteiger partial charge on any atom is 0.272 e. The van der Waals surface area contributed by atoms with Crippen LogP contribution in [0.4, 0.5) is 15.8 Å². The maximum absolute atomic E-state index is 14.0. The van der Waals surface area contributed by atoms with Crippen LogP contribution in [0.15, 0.2) is 66.7 Å². The van der Waals surface area contributed by atoms with Crippen LogP contribution in [0.3, 0.4) is 0 Å². The third-order valence-electron chi connectivity index (χ3n) is 4.52. The van der Waals surface area contributed by atoms with Gasteiger partial charge in [0.25, 0.3) is 5.69 Å². The number of fused-ring (bicyclic) bond motifs is 2. The van der Waals surface area contributed by atoms with E-state index in [0.717, 1.165) is 33.4 Å². The number of para-hydroxylation sites is 1. The van der Waals surface area contributed by atoms with Crippen molar-refractivity contribution in [2.24, 2.45) is 0 Å². The third kappa shape index (κ3) is 3.42. The van der Waals surface area contributed by atoms with Crippen molar-refractivity contribution in [3.63, 3.8) is 0 Å². The maximum atomic E-state index is 14.0. The Morgan fingerprint density at radius 2 is 1.81 bits per heavy atom. The van der Waals surface area contributed by atoms with Gasteiger partial charge in [-0.3, -0.25) is 10.1 Å².